The summed E-state index contributed by atoms with van der Waals surface area (Å²) in [6.07, 6.45) is 6.06. The van der Waals surface area contributed by atoms with Gasteiger partial charge in [-0.1, -0.05) is 56.7 Å². The van der Waals surface area contributed by atoms with E-state index in [1.165, 1.54) is 12.5 Å². The zero-order chi connectivity index (χ0) is 21.6. The molecule has 29 heavy (non-hydrogen) atoms. The van der Waals surface area contributed by atoms with Crippen molar-refractivity contribution in [3.05, 3.63) is 58.0 Å². The highest BCUT2D eigenvalue weighted by molar-refractivity contribution is 7.16. The first kappa shape index (κ1) is 24.1. The van der Waals surface area contributed by atoms with Gasteiger partial charge in [0.25, 0.3) is 0 Å². The third kappa shape index (κ3) is 7.55. The van der Waals surface area contributed by atoms with Crippen molar-refractivity contribution in [3.63, 3.8) is 0 Å². The number of amides is 1. The molecule has 0 aliphatic carbocycles. The number of thiophene rings is 1. The Labute approximate surface area is 177 Å². The first-order valence-electron chi connectivity index (χ1n) is 9.67. The van der Waals surface area contributed by atoms with E-state index in [0.29, 0.717) is 6.54 Å². The largest absolute Gasteiger partial charge is 0.379 e. The molecule has 1 aliphatic heterocycles. The number of anilines is 1. The fourth-order valence-electron chi connectivity index (χ4n) is 2.68. The van der Waals surface area contributed by atoms with E-state index in [1.807, 2.05) is 42.3 Å². The molecule has 0 atom stereocenters. The average Bonchev–Trinajstić information content (AvgIpc) is 3.11. The van der Waals surface area contributed by atoms with Crippen molar-refractivity contribution in [1.29, 1.82) is 5.26 Å². The van der Waals surface area contributed by atoms with Crippen molar-refractivity contribution >= 4 is 34.6 Å². The first-order chi connectivity index (χ1) is 14.0. The Morgan fingerprint density at radius 3 is 2.48 bits per heavy atom. The topological polar surface area (TPSA) is 73.2 Å². The molecule has 0 fully saturated rings. The number of nitrogens with zero attached hydrogens (tertiary/aromatic N) is 2. The molecule has 6 heteroatoms. The SMILES string of the molecule is CCC.CNc1sc2c(c1C#N)CCN(C(C)=O)C2.O=C/C=C/c1ccccc1. The van der Waals surface area contributed by atoms with Gasteiger partial charge in [0.2, 0.25) is 5.91 Å². The number of allylic oxidation sites excluding steroid dienone is 1. The molecule has 0 saturated heterocycles. The van der Waals surface area contributed by atoms with Crippen LogP contribution in [0.4, 0.5) is 5.00 Å². The second-order valence-corrected chi connectivity index (χ2v) is 7.48. The molecule has 154 valence electrons. The van der Waals surface area contributed by atoms with Crippen LogP contribution in [0.1, 0.15) is 48.8 Å². The van der Waals surface area contributed by atoms with Gasteiger partial charge in [-0.3, -0.25) is 9.59 Å². The number of fused-ring (bicyclic) bond motifs is 1. The minimum Gasteiger partial charge on any atom is -0.379 e. The maximum absolute atomic E-state index is 11.3. The van der Waals surface area contributed by atoms with Crippen LogP contribution >= 0.6 is 11.3 Å². The molecular weight excluding hydrogens is 382 g/mol. The Kier molecular flexibility index (Phi) is 11.1. The number of aldehydes is 1. The van der Waals surface area contributed by atoms with Crippen LogP contribution in [0.25, 0.3) is 6.08 Å². The predicted molar refractivity (Wildman–Crippen MR) is 121 cm³/mol. The number of benzene rings is 1. The molecule has 0 radical (unpaired) electrons. The summed E-state index contributed by atoms with van der Waals surface area (Å²) in [5.41, 5.74) is 2.93. The number of hydrogen-bond acceptors (Lipinski definition) is 5. The molecule has 1 aromatic heterocycles. The molecule has 2 heterocycles. The number of nitrogens with one attached hydrogen (secondary N) is 1. The van der Waals surface area contributed by atoms with E-state index in [1.54, 1.807) is 24.3 Å². The highest BCUT2D eigenvalue weighted by atomic mass is 32.1. The monoisotopic (exact) mass is 411 g/mol. The number of nitriles is 1. The summed E-state index contributed by atoms with van der Waals surface area (Å²) in [7, 11) is 1.82. The summed E-state index contributed by atoms with van der Waals surface area (Å²) in [6, 6.07) is 11.9. The zero-order valence-electron chi connectivity index (χ0n) is 17.6. The Morgan fingerprint density at radius 2 is 1.97 bits per heavy atom. The minimum absolute atomic E-state index is 0.101. The maximum atomic E-state index is 11.3. The molecule has 1 aliphatic rings. The van der Waals surface area contributed by atoms with Crippen LogP contribution in [0.2, 0.25) is 0 Å². The first-order valence-corrected chi connectivity index (χ1v) is 10.5. The summed E-state index contributed by atoms with van der Waals surface area (Å²) in [5.74, 6) is 0.101. The number of carbonyl (C=O) groups excluding carboxylic acids is 2. The lowest BCUT2D eigenvalue weighted by atomic mass is 10.0. The Balaban J connectivity index is 0.000000277. The van der Waals surface area contributed by atoms with Gasteiger partial charge >= 0.3 is 0 Å². The number of rotatable bonds is 3. The van der Waals surface area contributed by atoms with Crippen molar-refractivity contribution in [2.24, 2.45) is 0 Å². The van der Waals surface area contributed by atoms with Crippen molar-refractivity contribution in [3.8, 4) is 6.07 Å². The standard InChI is InChI=1S/C11H13N3OS.C9H8O.C3H8/c1-7(15)14-4-3-8-9(5-12)11(13-2)16-10(8)6-14;10-8-4-7-9-5-2-1-3-6-9;1-3-2/h13H,3-4,6H2,1-2H3;1-8H;3H2,1-2H3/b;7-4+;. The molecule has 1 aromatic carbocycles. The summed E-state index contributed by atoms with van der Waals surface area (Å²) >= 11 is 1.58. The zero-order valence-corrected chi connectivity index (χ0v) is 18.4. The van der Waals surface area contributed by atoms with Crippen molar-refractivity contribution in [1.82, 2.24) is 4.90 Å². The number of carbonyl (C=O) groups is 2. The van der Waals surface area contributed by atoms with Gasteiger partial charge in [-0.25, -0.2) is 0 Å². The van der Waals surface area contributed by atoms with Gasteiger partial charge in [-0.05, 0) is 23.6 Å². The van der Waals surface area contributed by atoms with E-state index < -0.39 is 0 Å². The van der Waals surface area contributed by atoms with Gasteiger partial charge in [0.05, 0.1) is 12.1 Å². The smallest absolute Gasteiger partial charge is 0.219 e. The van der Waals surface area contributed by atoms with E-state index in [0.717, 1.165) is 45.8 Å². The summed E-state index contributed by atoms with van der Waals surface area (Å²) in [4.78, 5) is 24.1. The van der Waals surface area contributed by atoms with Gasteiger partial charge in [-0.15, -0.1) is 11.3 Å². The normalized spacial score (nSPS) is 11.9. The fourth-order valence-corrected chi connectivity index (χ4v) is 3.85. The molecule has 1 N–H and O–H groups in total. The van der Waals surface area contributed by atoms with Gasteiger partial charge in [-0.2, -0.15) is 5.26 Å². The molecule has 1 amide bonds. The van der Waals surface area contributed by atoms with Crippen LogP contribution in [-0.4, -0.2) is 30.7 Å². The Bertz CT molecular complexity index is 851. The Morgan fingerprint density at radius 1 is 1.31 bits per heavy atom. The molecule has 0 bridgehead atoms. The third-order valence-corrected chi connectivity index (χ3v) is 5.24. The van der Waals surface area contributed by atoms with Crippen molar-refractivity contribution in [2.45, 2.75) is 40.2 Å². The van der Waals surface area contributed by atoms with Crippen LogP contribution < -0.4 is 5.32 Å². The lowest BCUT2D eigenvalue weighted by Crippen LogP contribution is -2.33. The molecular formula is C23H29N3O2S. The van der Waals surface area contributed by atoms with E-state index in [2.05, 4.69) is 25.2 Å². The molecule has 0 saturated carbocycles. The van der Waals surface area contributed by atoms with E-state index in [9.17, 15) is 9.59 Å². The van der Waals surface area contributed by atoms with E-state index in [4.69, 9.17) is 5.26 Å². The van der Waals surface area contributed by atoms with Gasteiger partial charge < -0.3 is 10.2 Å². The van der Waals surface area contributed by atoms with E-state index >= 15 is 0 Å². The fraction of sp³-hybridized carbons (Fsp3) is 0.348. The number of hydrogen-bond donors (Lipinski definition) is 1. The second-order valence-electron chi connectivity index (χ2n) is 6.37. The summed E-state index contributed by atoms with van der Waals surface area (Å²) in [6.45, 7) is 7.20. The predicted octanol–water partition coefficient (Wildman–Crippen LogP) is 4.88. The van der Waals surface area contributed by atoms with Crippen LogP contribution in [0.15, 0.2) is 36.4 Å². The quantitative estimate of drug-likeness (QED) is 0.577. The van der Waals surface area contributed by atoms with Crippen LogP contribution in [0.3, 0.4) is 0 Å². The lowest BCUT2D eigenvalue weighted by Gasteiger charge is -2.25. The van der Waals surface area contributed by atoms with Crippen molar-refractivity contribution in [2.75, 3.05) is 18.9 Å². The van der Waals surface area contributed by atoms with Crippen LogP contribution in [-0.2, 0) is 22.6 Å². The average molecular weight is 412 g/mol. The lowest BCUT2D eigenvalue weighted by molar-refractivity contribution is -0.129. The highest BCUT2D eigenvalue weighted by Crippen LogP contribution is 2.36. The highest BCUT2D eigenvalue weighted by Gasteiger charge is 2.24. The maximum Gasteiger partial charge on any atom is 0.219 e. The molecule has 0 unspecified atom stereocenters. The molecule has 3 rings (SSSR count). The van der Waals surface area contributed by atoms with Crippen LogP contribution in [0.5, 0.6) is 0 Å². The second kappa shape index (κ2) is 13.3. The molecule has 0 spiro atoms. The third-order valence-electron chi connectivity index (χ3n) is 4.01. The minimum atomic E-state index is 0.101. The summed E-state index contributed by atoms with van der Waals surface area (Å²) in [5, 5.41) is 13.1. The molecule has 2 aromatic rings. The van der Waals surface area contributed by atoms with Gasteiger partial charge in [0, 0.05) is 25.4 Å². The van der Waals surface area contributed by atoms with Gasteiger partial charge in [0.1, 0.15) is 17.4 Å². The van der Waals surface area contributed by atoms with Gasteiger partial charge in [0.15, 0.2) is 0 Å². The van der Waals surface area contributed by atoms with E-state index in [-0.39, 0.29) is 5.91 Å². The van der Waals surface area contributed by atoms with Crippen LogP contribution in [0, 0.1) is 11.3 Å². The van der Waals surface area contributed by atoms with Crippen molar-refractivity contribution < 1.29 is 9.59 Å². The summed E-state index contributed by atoms with van der Waals surface area (Å²) < 4.78 is 0. The Hall–Kier alpha value is -2.91. The molecule has 5 nitrogen and oxygen atoms in total.